The monoisotopic (exact) mass is 443 g/mol. The molecule has 1 aliphatic heterocycles. The first kappa shape index (κ1) is 23.0. The molecule has 5 nitrogen and oxygen atoms in total. The normalized spacial score (nSPS) is 15.2. The second-order valence-corrected chi connectivity index (χ2v) is 8.67. The highest BCUT2D eigenvalue weighted by atomic mass is 16.5. The largest absolute Gasteiger partial charge is 0.496 e. The molecular weight excluding hydrogens is 410 g/mol. The minimum atomic E-state index is 0.00875. The third kappa shape index (κ3) is 5.60. The Kier molecular flexibility index (Phi) is 7.74. The van der Waals surface area contributed by atoms with Gasteiger partial charge in [0.25, 0.3) is 5.91 Å². The highest BCUT2D eigenvalue weighted by Crippen LogP contribution is 2.31. The van der Waals surface area contributed by atoms with Crippen LogP contribution in [0.2, 0.25) is 0 Å². The number of carbonyl (C=O) groups excluding carboxylic acids is 1. The maximum Gasteiger partial charge on any atom is 0.259 e. The number of rotatable bonds is 3. The molecule has 0 radical (unpaired) electrons. The van der Waals surface area contributed by atoms with Crippen LogP contribution >= 0.6 is 0 Å². The molecule has 0 saturated heterocycles. The van der Waals surface area contributed by atoms with Gasteiger partial charge in [-0.2, -0.15) is 0 Å². The van der Waals surface area contributed by atoms with Crippen molar-refractivity contribution >= 4 is 11.6 Å². The van der Waals surface area contributed by atoms with E-state index in [0.29, 0.717) is 12.1 Å². The Hall–Kier alpha value is -3.18. The van der Waals surface area contributed by atoms with E-state index in [-0.39, 0.29) is 5.91 Å². The number of amides is 1. The van der Waals surface area contributed by atoms with E-state index in [1.165, 1.54) is 19.3 Å². The SMILES string of the molecule is COc1ccc(-c2ccc3c(c2)CNCCCCCCCN3C(=O)c2cccnc2)cc1C. The quantitative estimate of drug-likeness (QED) is 0.559. The maximum absolute atomic E-state index is 13.5. The van der Waals surface area contributed by atoms with Gasteiger partial charge in [-0.15, -0.1) is 0 Å². The summed E-state index contributed by atoms with van der Waals surface area (Å²) >= 11 is 0. The van der Waals surface area contributed by atoms with E-state index >= 15 is 0 Å². The van der Waals surface area contributed by atoms with Gasteiger partial charge < -0.3 is 15.0 Å². The third-order valence-electron chi connectivity index (χ3n) is 6.30. The Labute approximate surface area is 196 Å². The number of hydrogen-bond acceptors (Lipinski definition) is 4. The van der Waals surface area contributed by atoms with Gasteiger partial charge in [0.05, 0.1) is 12.7 Å². The predicted molar refractivity (Wildman–Crippen MR) is 134 cm³/mol. The van der Waals surface area contributed by atoms with Gasteiger partial charge in [0.2, 0.25) is 0 Å². The molecule has 2 aromatic carbocycles. The first-order chi connectivity index (χ1) is 16.2. The fraction of sp³-hybridized carbons (Fsp3) is 0.357. The van der Waals surface area contributed by atoms with Crippen molar-refractivity contribution in [1.29, 1.82) is 0 Å². The minimum absolute atomic E-state index is 0.00875. The lowest BCUT2D eigenvalue weighted by Crippen LogP contribution is -2.33. The number of aromatic nitrogens is 1. The van der Waals surface area contributed by atoms with Crippen LogP contribution in [-0.2, 0) is 6.54 Å². The van der Waals surface area contributed by atoms with E-state index in [4.69, 9.17) is 4.74 Å². The summed E-state index contributed by atoms with van der Waals surface area (Å²) in [4.78, 5) is 19.6. The summed E-state index contributed by atoms with van der Waals surface area (Å²) in [7, 11) is 1.70. The van der Waals surface area contributed by atoms with Crippen molar-refractivity contribution in [2.24, 2.45) is 0 Å². The lowest BCUT2D eigenvalue weighted by atomic mass is 9.98. The molecule has 0 saturated carbocycles. The number of anilines is 1. The van der Waals surface area contributed by atoms with E-state index < -0.39 is 0 Å². The van der Waals surface area contributed by atoms with E-state index in [2.05, 4.69) is 47.6 Å². The predicted octanol–water partition coefficient (Wildman–Crippen LogP) is 5.77. The molecule has 0 atom stereocenters. The topological polar surface area (TPSA) is 54.5 Å². The molecule has 1 N–H and O–H groups in total. The average molecular weight is 444 g/mol. The van der Waals surface area contributed by atoms with Crippen molar-refractivity contribution in [3.8, 4) is 16.9 Å². The van der Waals surface area contributed by atoms with Gasteiger partial charge in [0.15, 0.2) is 0 Å². The zero-order chi connectivity index (χ0) is 23.0. The summed E-state index contributed by atoms with van der Waals surface area (Å²) in [6, 6.07) is 16.4. The Morgan fingerprint density at radius 2 is 1.79 bits per heavy atom. The van der Waals surface area contributed by atoms with Crippen molar-refractivity contribution in [1.82, 2.24) is 10.3 Å². The summed E-state index contributed by atoms with van der Waals surface area (Å²) in [5, 5.41) is 3.60. The average Bonchev–Trinajstić information content (AvgIpc) is 2.84. The highest BCUT2D eigenvalue weighted by molar-refractivity contribution is 6.06. The standard InChI is InChI=1S/C28H33N3O2/c1-21-17-22(11-13-27(21)33-2)23-10-12-26-25(18-23)20-29-14-6-4-3-5-7-16-31(26)28(32)24-9-8-15-30-19-24/h8-13,15,17-19,29H,3-7,14,16,20H2,1-2H3. The lowest BCUT2D eigenvalue weighted by Gasteiger charge is -2.27. The van der Waals surface area contributed by atoms with Gasteiger partial charge in [-0.1, -0.05) is 31.4 Å². The number of fused-ring (bicyclic) bond motifs is 1. The molecule has 5 heteroatoms. The number of methoxy groups -OCH3 is 1. The molecule has 4 rings (SSSR count). The van der Waals surface area contributed by atoms with Crippen molar-refractivity contribution in [3.05, 3.63) is 77.6 Å². The number of nitrogens with zero attached hydrogens (tertiary/aromatic N) is 2. The lowest BCUT2D eigenvalue weighted by molar-refractivity contribution is 0.0986. The van der Waals surface area contributed by atoms with E-state index in [1.54, 1.807) is 19.5 Å². The van der Waals surface area contributed by atoms with E-state index in [0.717, 1.165) is 59.6 Å². The van der Waals surface area contributed by atoms with Crippen LogP contribution in [0.5, 0.6) is 5.75 Å². The van der Waals surface area contributed by atoms with Crippen LogP contribution in [0.25, 0.3) is 11.1 Å². The molecule has 0 bridgehead atoms. The summed E-state index contributed by atoms with van der Waals surface area (Å²) in [5.41, 5.74) is 6.13. The van der Waals surface area contributed by atoms with Gasteiger partial charge in [0.1, 0.15) is 5.75 Å². The first-order valence-corrected chi connectivity index (χ1v) is 11.9. The van der Waals surface area contributed by atoms with Crippen LogP contribution in [0.3, 0.4) is 0 Å². The molecule has 0 spiro atoms. The number of nitrogens with one attached hydrogen (secondary N) is 1. The molecule has 1 aliphatic rings. The summed E-state index contributed by atoms with van der Waals surface area (Å²) in [5.74, 6) is 0.898. The molecular formula is C28H33N3O2. The zero-order valence-electron chi connectivity index (χ0n) is 19.6. The molecule has 33 heavy (non-hydrogen) atoms. The van der Waals surface area contributed by atoms with Crippen LogP contribution in [0.15, 0.2) is 60.9 Å². The number of benzene rings is 2. The molecule has 3 aromatic rings. The van der Waals surface area contributed by atoms with Gasteiger partial charge in [-0.3, -0.25) is 9.78 Å². The van der Waals surface area contributed by atoms with E-state index in [9.17, 15) is 4.79 Å². The Balaban J connectivity index is 1.73. The molecule has 172 valence electrons. The molecule has 0 aliphatic carbocycles. The van der Waals surface area contributed by atoms with Crippen LogP contribution in [0, 0.1) is 6.92 Å². The minimum Gasteiger partial charge on any atom is -0.496 e. The van der Waals surface area contributed by atoms with Crippen LogP contribution in [0.4, 0.5) is 5.69 Å². The van der Waals surface area contributed by atoms with Crippen molar-refractivity contribution < 1.29 is 9.53 Å². The van der Waals surface area contributed by atoms with Gasteiger partial charge in [-0.05, 0) is 85.0 Å². The smallest absolute Gasteiger partial charge is 0.259 e. The number of carbonyl (C=O) groups is 1. The molecule has 1 aromatic heterocycles. The fourth-order valence-electron chi connectivity index (χ4n) is 4.48. The molecule has 2 heterocycles. The summed E-state index contributed by atoms with van der Waals surface area (Å²) in [6.45, 7) is 4.49. The van der Waals surface area contributed by atoms with Crippen molar-refractivity contribution in [3.63, 3.8) is 0 Å². The Morgan fingerprint density at radius 3 is 2.58 bits per heavy atom. The van der Waals surface area contributed by atoms with Crippen molar-refractivity contribution in [2.75, 3.05) is 25.1 Å². The van der Waals surface area contributed by atoms with Gasteiger partial charge >= 0.3 is 0 Å². The Morgan fingerprint density at radius 1 is 1.00 bits per heavy atom. The van der Waals surface area contributed by atoms with Crippen LogP contribution < -0.4 is 15.0 Å². The van der Waals surface area contributed by atoms with E-state index in [1.807, 2.05) is 23.1 Å². The number of pyridine rings is 1. The summed E-state index contributed by atoms with van der Waals surface area (Å²) < 4.78 is 5.43. The second kappa shape index (κ2) is 11.1. The molecule has 0 unspecified atom stereocenters. The summed E-state index contributed by atoms with van der Waals surface area (Å²) in [6.07, 6.45) is 9.11. The number of hydrogen-bond donors (Lipinski definition) is 1. The molecule has 0 fully saturated rings. The molecule has 1 amide bonds. The van der Waals surface area contributed by atoms with Crippen LogP contribution in [0.1, 0.15) is 53.6 Å². The Bertz CT molecular complexity index is 1080. The van der Waals surface area contributed by atoms with Gasteiger partial charge in [0, 0.05) is 31.2 Å². The zero-order valence-corrected chi connectivity index (χ0v) is 19.6. The van der Waals surface area contributed by atoms with Crippen LogP contribution in [-0.4, -0.2) is 31.1 Å². The fourth-order valence-corrected chi connectivity index (χ4v) is 4.48. The highest BCUT2D eigenvalue weighted by Gasteiger charge is 2.21. The van der Waals surface area contributed by atoms with Crippen molar-refractivity contribution in [2.45, 2.75) is 45.6 Å². The van der Waals surface area contributed by atoms with Gasteiger partial charge in [-0.25, -0.2) is 0 Å². The number of ether oxygens (including phenoxy) is 1. The second-order valence-electron chi connectivity index (χ2n) is 8.67. The maximum atomic E-state index is 13.5. The first-order valence-electron chi connectivity index (χ1n) is 11.9. The number of aryl methyl sites for hydroxylation is 1. The third-order valence-corrected chi connectivity index (χ3v) is 6.30.